The van der Waals surface area contributed by atoms with E-state index < -0.39 is 71.9 Å². The zero-order valence-electron chi connectivity index (χ0n) is 37.4. The van der Waals surface area contributed by atoms with Gasteiger partial charge in [0.2, 0.25) is 0 Å². The molecule has 0 radical (unpaired) electrons. The van der Waals surface area contributed by atoms with E-state index in [0.29, 0.717) is 0 Å². The number of aliphatic hydroxyl groups is 1. The van der Waals surface area contributed by atoms with Gasteiger partial charge in [0.05, 0.1) is 0 Å². The molecule has 0 amide bonds. The van der Waals surface area contributed by atoms with E-state index in [4.69, 9.17) is 104 Å². The molecule has 0 aromatic carbocycles. The second-order valence-corrected chi connectivity index (χ2v) is 32.9. The van der Waals surface area contributed by atoms with E-state index in [0.717, 1.165) is 0 Å². The van der Waals surface area contributed by atoms with Gasteiger partial charge in [0, 0.05) is 161 Å². The topological polar surface area (TPSA) is 242 Å². The minimum Gasteiger partial charge on any atom is -0.563 e. The molecule has 0 aliphatic rings. The molecule has 0 aromatic rings. The first kappa shape index (κ1) is 62.5. The van der Waals surface area contributed by atoms with Gasteiger partial charge in [0.1, 0.15) is 0 Å². The molecule has 0 aliphatic carbocycles. The molecule has 356 valence electrons. The van der Waals surface area contributed by atoms with Gasteiger partial charge in [-0.05, 0) is 0 Å². The van der Waals surface area contributed by atoms with Gasteiger partial charge in [-0.25, -0.2) is 6.10 Å². The van der Waals surface area contributed by atoms with Crippen molar-refractivity contribution in [1.82, 2.24) is 0 Å². The van der Waals surface area contributed by atoms with E-state index in [1.165, 1.54) is 128 Å². The normalized spacial score (nSPS) is 14.0. The molecule has 1 N–H and O–H groups in total. The summed E-state index contributed by atoms with van der Waals surface area (Å²) < 4.78 is 139. The summed E-state index contributed by atoms with van der Waals surface area (Å²) in [5.41, 5.74) is 0. The van der Waals surface area contributed by atoms with Gasteiger partial charge < -0.3 is 109 Å². The van der Waals surface area contributed by atoms with E-state index in [1.54, 1.807) is 0 Å². The molecule has 0 aromatic heterocycles. The maximum absolute atomic E-state index is 11.4. The van der Waals surface area contributed by atoms with Gasteiger partial charge in [0.25, 0.3) is 0 Å². The molecule has 59 heavy (non-hydrogen) atoms. The van der Waals surface area contributed by atoms with Crippen LogP contribution in [0.3, 0.4) is 0 Å². The van der Waals surface area contributed by atoms with Crippen molar-refractivity contribution < 1.29 is 131 Å². The van der Waals surface area contributed by atoms with Crippen LogP contribution in [0.4, 0.5) is 0 Å². The molecule has 0 fully saturated rings. The number of hydrogen-bond donors (Lipinski definition) is 1. The molecule has 34 heteroatoms. The molecular weight excluding hydrogens is 1110 g/mol. The van der Waals surface area contributed by atoms with Crippen molar-refractivity contribution in [2.75, 3.05) is 128 Å². The third kappa shape index (κ3) is 17.6. The third-order valence-corrected chi connectivity index (χ3v) is 32.5. The molecule has 0 saturated carbocycles. The van der Waals surface area contributed by atoms with Crippen LogP contribution in [-0.4, -0.2) is 205 Å². The van der Waals surface area contributed by atoms with E-state index in [9.17, 15) is 5.11 Å². The Morgan fingerprint density at radius 3 is 0.542 bits per heavy atom. The van der Waals surface area contributed by atoms with Gasteiger partial charge in [-0.3, -0.25) is 0 Å². The Labute approximate surface area is 372 Å². The van der Waals surface area contributed by atoms with Crippen LogP contribution in [0.1, 0.15) is 25.7 Å². The third-order valence-electron chi connectivity index (χ3n) is 8.08. The molecule has 0 heterocycles. The smallest absolute Gasteiger partial charge is 0.563 e. The van der Waals surface area contributed by atoms with Crippen molar-refractivity contribution in [3.8, 4) is 0 Å². The van der Waals surface area contributed by atoms with E-state index >= 15 is 0 Å². The Hall–Kier alpha value is 1.42. The van der Waals surface area contributed by atoms with Crippen LogP contribution < -0.4 is 0 Å². The molecule has 0 saturated heterocycles. The van der Waals surface area contributed by atoms with Crippen molar-refractivity contribution >= 4 is 71.9 Å². The van der Waals surface area contributed by atoms with Crippen molar-refractivity contribution in [2.24, 2.45) is 0 Å². The summed E-state index contributed by atoms with van der Waals surface area (Å²) in [6.45, 7) is 0. The second-order valence-electron chi connectivity index (χ2n) is 10.9. The summed E-state index contributed by atoms with van der Waals surface area (Å²) in [7, 11) is -8.83. The van der Waals surface area contributed by atoms with Crippen LogP contribution in [0.5, 0.6) is 0 Å². The molecular formula is C25H67O25Si8W-. The predicted molar refractivity (Wildman–Crippen MR) is 212 cm³/mol. The van der Waals surface area contributed by atoms with Crippen LogP contribution in [0.2, 0.25) is 12.1 Å². The second kappa shape index (κ2) is 29.9. The molecule has 0 spiro atoms. The average Bonchev–Trinajstić information content (AvgIpc) is 3.27. The van der Waals surface area contributed by atoms with Crippen LogP contribution in [0.25, 0.3) is 0 Å². The van der Waals surface area contributed by atoms with Crippen molar-refractivity contribution in [1.29, 1.82) is 0 Å². The number of rotatable bonds is 38. The monoisotopic (exact) mass is 1180 g/mol. The first-order chi connectivity index (χ1) is 27.4. The predicted octanol–water partition coefficient (Wildman–Crippen LogP) is 0.675. The Morgan fingerprint density at radius 1 is 0.288 bits per heavy atom. The van der Waals surface area contributed by atoms with E-state index in [-0.39, 0.29) is 64.9 Å². The standard InChI is InChI=1S/C25H67O25Si8.W/c1-27-53(28-2,29-3)45-51(46-54(30-4,31-5)32-6,47-55(33-7,34-8)35-9)23-19-21-25(26)22-20-24-52(48-56(36-10,37-11)38-12,49-57(39-13,40-14)41-15)50-58(42-16,43-17)44-18;/h26H,19-24H2,1-18H3;/q-1;. The first-order valence-electron chi connectivity index (χ1n) is 17.1. The zero-order chi connectivity index (χ0) is 44.8. The van der Waals surface area contributed by atoms with Crippen LogP contribution in [0, 0.1) is 6.10 Å². The van der Waals surface area contributed by atoms with Crippen molar-refractivity contribution in [3.05, 3.63) is 6.10 Å². The molecule has 0 atom stereocenters. The minimum absolute atomic E-state index is 0. The minimum atomic E-state index is -4.37. The Bertz CT molecular complexity index is 838. The van der Waals surface area contributed by atoms with Gasteiger partial charge in [-0.2, -0.15) is 12.8 Å². The maximum Gasteiger partial charge on any atom is 0.671 e. The molecule has 0 rings (SSSR count). The fraction of sp³-hybridized carbons (Fsp3) is 0.960. The summed E-state index contributed by atoms with van der Waals surface area (Å²) >= 11 is 0. The van der Waals surface area contributed by atoms with Crippen LogP contribution >= 0.6 is 0 Å². The van der Waals surface area contributed by atoms with Gasteiger partial charge in [-0.1, -0.05) is 12.8 Å². The van der Waals surface area contributed by atoms with Crippen LogP contribution in [-0.2, 0) is 125 Å². The first-order valence-corrected chi connectivity index (χ1v) is 30.8. The van der Waals surface area contributed by atoms with Crippen molar-refractivity contribution in [2.45, 2.75) is 37.8 Å². The van der Waals surface area contributed by atoms with Gasteiger partial charge in [-0.15, -0.1) is 0 Å². The molecule has 25 nitrogen and oxygen atoms in total. The Morgan fingerprint density at radius 2 is 0.424 bits per heavy atom. The van der Waals surface area contributed by atoms with Crippen LogP contribution in [0.15, 0.2) is 0 Å². The fourth-order valence-electron chi connectivity index (χ4n) is 4.97. The van der Waals surface area contributed by atoms with Gasteiger partial charge >= 0.3 is 71.9 Å². The quantitative estimate of drug-likeness (QED) is 0.0660. The number of aliphatic hydroxyl groups excluding tert-OH is 1. The molecule has 0 bridgehead atoms. The molecule has 0 unspecified atom stereocenters. The molecule has 0 aliphatic heterocycles. The summed E-state index contributed by atoms with van der Waals surface area (Å²) in [4.78, 5) is 0. The zero-order valence-corrected chi connectivity index (χ0v) is 48.3. The Balaban J connectivity index is 0. The maximum atomic E-state index is 11.4. The average molecular weight is 1180 g/mol. The van der Waals surface area contributed by atoms with E-state index in [1.807, 2.05) is 0 Å². The Kier molecular flexibility index (Phi) is 31.6. The largest absolute Gasteiger partial charge is 0.671 e. The summed E-state index contributed by atoms with van der Waals surface area (Å²) in [6.07, 6.45) is 0.473. The summed E-state index contributed by atoms with van der Waals surface area (Å²) in [5.74, 6) is 0. The SMILES string of the molecule is CO[Si](OC)(OC)O[Si](CCC[C-](O)CCC[Si](O[Si](OC)(OC)OC)(O[Si](OC)(OC)OC)O[Si](OC)(OC)OC)(O[Si](OC)(OC)OC)O[Si](OC)(OC)OC.[W]. The van der Waals surface area contributed by atoms with Gasteiger partial charge in [0.15, 0.2) is 0 Å². The summed E-state index contributed by atoms with van der Waals surface area (Å²) in [5, 5.41) is 11.4. The van der Waals surface area contributed by atoms with Crippen molar-refractivity contribution in [3.63, 3.8) is 0 Å². The number of hydrogen-bond acceptors (Lipinski definition) is 25. The fourth-order valence-corrected chi connectivity index (χ4v) is 30.0. The summed E-state index contributed by atoms with van der Waals surface area (Å²) in [6, 6.07) is -0.134. The van der Waals surface area contributed by atoms with E-state index in [2.05, 4.69) is 0 Å².